The van der Waals surface area contributed by atoms with Crippen LogP contribution in [0.4, 0.5) is 0 Å². The summed E-state index contributed by atoms with van der Waals surface area (Å²) in [6.07, 6.45) is 13.4. The Morgan fingerprint density at radius 2 is 1.71 bits per heavy atom. The SMILES string of the molecule is Cc1cccc(-c2ccc3c(c2)c(CC(=O)NC2CCC(N)CC2)cn3CC2CCCCC2)c1.Cl. The zero-order chi connectivity index (χ0) is 23.5. The quantitative estimate of drug-likeness (QED) is 0.409. The summed E-state index contributed by atoms with van der Waals surface area (Å²) in [5.41, 5.74) is 12.2. The lowest BCUT2D eigenvalue weighted by molar-refractivity contribution is -0.121. The molecule has 4 nitrogen and oxygen atoms in total. The van der Waals surface area contributed by atoms with Crippen LogP contribution in [0.3, 0.4) is 0 Å². The highest BCUT2D eigenvalue weighted by Crippen LogP contribution is 2.32. The molecular weight excluding hydrogens is 454 g/mol. The molecule has 2 aliphatic carbocycles. The lowest BCUT2D eigenvalue weighted by atomic mass is 9.89. The Hall–Kier alpha value is -2.30. The van der Waals surface area contributed by atoms with Crippen LogP contribution in [0.25, 0.3) is 22.0 Å². The molecule has 0 spiro atoms. The minimum atomic E-state index is 0. The third kappa shape index (κ3) is 6.29. The first kappa shape index (κ1) is 25.8. The Morgan fingerprint density at radius 3 is 2.46 bits per heavy atom. The lowest BCUT2D eigenvalue weighted by Crippen LogP contribution is -2.41. The first-order chi connectivity index (χ1) is 16.5. The molecule has 2 saturated carbocycles. The van der Waals surface area contributed by atoms with E-state index in [1.54, 1.807) is 0 Å². The molecule has 0 atom stereocenters. The van der Waals surface area contributed by atoms with Gasteiger partial charge in [0.15, 0.2) is 0 Å². The van der Waals surface area contributed by atoms with Crippen LogP contribution in [0.2, 0.25) is 0 Å². The summed E-state index contributed by atoms with van der Waals surface area (Å²) in [4.78, 5) is 13.1. The number of fused-ring (bicyclic) bond motifs is 1. The van der Waals surface area contributed by atoms with Crippen LogP contribution in [0.5, 0.6) is 0 Å². The number of benzene rings is 2. The Bertz CT molecular complexity index is 1140. The van der Waals surface area contributed by atoms with Crippen LogP contribution >= 0.6 is 12.4 Å². The number of carbonyl (C=O) groups excluding carboxylic acids is 1. The maximum atomic E-state index is 13.1. The van der Waals surface area contributed by atoms with E-state index in [2.05, 4.69) is 65.5 Å². The highest BCUT2D eigenvalue weighted by molar-refractivity contribution is 5.92. The van der Waals surface area contributed by atoms with Gasteiger partial charge in [-0.1, -0.05) is 55.2 Å². The second-order valence-corrected chi connectivity index (χ2v) is 10.8. The van der Waals surface area contributed by atoms with E-state index in [1.165, 1.54) is 59.7 Å². The van der Waals surface area contributed by atoms with Crippen molar-refractivity contribution in [3.8, 4) is 11.1 Å². The van der Waals surface area contributed by atoms with Gasteiger partial charge in [-0.15, -0.1) is 12.4 Å². The molecule has 2 aromatic carbocycles. The Balaban J connectivity index is 0.00000289. The number of rotatable bonds is 6. The van der Waals surface area contributed by atoms with Crippen molar-refractivity contribution in [3.63, 3.8) is 0 Å². The van der Waals surface area contributed by atoms with Crippen molar-refractivity contribution in [2.24, 2.45) is 11.7 Å². The smallest absolute Gasteiger partial charge is 0.224 e. The number of hydrogen-bond acceptors (Lipinski definition) is 2. The van der Waals surface area contributed by atoms with Gasteiger partial charge < -0.3 is 15.6 Å². The number of amides is 1. The van der Waals surface area contributed by atoms with Crippen molar-refractivity contribution in [1.82, 2.24) is 9.88 Å². The highest BCUT2D eigenvalue weighted by atomic mass is 35.5. The molecule has 35 heavy (non-hydrogen) atoms. The molecule has 0 saturated heterocycles. The third-order valence-electron chi connectivity index (χ3n) is 7.98. The van der Waals surface area contributed by atoms with E-state index >= 15 is 0 Å². The fourth-order valence-electron chi connectivity index (χ4n) is 6.03. The fraction of sp³-hybridized carbons (Fsp3) is 0.500. The van der Waals surface area contributed by atoms with Gasteiger partial charge in [0.2, 0.25) is 5.91 Å². The Morgan fingerprint density at radius 1 is 0.971 bits per heavy atom. The first-order valence-corrected chi connectivity index (χ1v) is 13.3. The Labute approximate surface area is 216 Å². The number of nitrogens with two attached hydrogens (primary N) is 1. The summed E-state index contributed by atoms with van der Waals surface area (Å²) in [6.45, 7) is 3.19. The standard InChI is InChI=1S/C30H39N3O.ClH/c1-21-6-5-9-23(16-21)24-10-15-29-28(17-24)25(20-33(29)19-22-7-3-2-4-8-22)18-30(34)32-27-13-11-26(31)12-14-27;/h5-6,9-10,15-17,20,22,26-27H,2-4,7-8,11-14,18-19,31H2,1H3,(H,32,34);1H. The van der Waals surface area contributed by atoms with Crippen LogP contribution in [0.1, 0.15) is 68.9 Å². The van der Waals surface area contributed by atoms with Crippen molar-refractivity contribution < 1.29 is 4.79 Å². The fourth-order valence-corrected chi connectivity index (χ4v) is 6.03. The average molecular weight is 494 g/mol. The van der Waals surface area contributed by atoms with E-state index in [1.807, 2.05) is 0 Å². The molecule has 2 aliphatic rings. The van der Waals surface area contributed by atoms with Gasteiger partial charge >= 0.3 is 0 Å². The monoisotopic (exact) mass is 493 g/mol. The van der Waals surface area contributed by atoms with Gasteiger partial charge in [-0.3, -0.25) is 4.79 Å². The minimum absolute atomic E-state index is 0. The maximum Gasteiger partial charge on any atom is 0.224 e. The first-order valence-electron chi connectivity index (χ1n) is 13.3. The number of aromatic nitrogens is 1. The second kappa shape index (κ2) is 11.6. The summed E-state index contributed by atoms with van der Waals surface area (Å²) in [5.74, 6) is 0.882. The highest BCUT2D eigenvalue weighted by Gasteiger charge is 2.22. The van der Waals surface area contributed by atoms with E-state index in [0.717, 1.165) is 43.7 Å². The molecule has 3 aromatic rings. The zero-order valence-corrected chi connectivity index (χ0v) is 21.8. The van der Waals surface area contributed by atoms with E-state index in [4.69, 9.17) is 5.73 Å². The molecule has 2 fully saturated rings. The predicted molar refractivity (Wildman–Crippen MR) is 148 cm³/mol. The van der Waals surface area contributed by atoms with Gasteiger partial charge in [-0.05, 0) is 80.2 Å². The molecule has 3 N–H and O–H groups in total. The van der Waals surface area contributed by atoms with Crippen LogP contribution in [-0.2, 0) is 17.8 Å². The zero-order valence-electron chi connectivity index (χ0n) is 21.0. The van der Waals surface area contributed by atoms with Crippen LogP contribution < -0.4 is 11.1 Å². The number of hydrogen-bond donors (Lipinski definition) is 2. The predicted octanol–water partition coefficient (Wildman–Crippen LogP) is 6.55. The maximum absolute atomic E-state index is 13.1. The number of nitrogens with one attached hydrogen (secondary N) is 1. The van der Waals surface area contributed by atoms with Crippen LogP contribution in [-0.4, -0.2) is 22.6 Å². The Kier molecular flexibility index (Phi) is 8.56. The van der Waals surface area contributed by atoms with E-state index in [-0.39, 0.29) is 24.4 Å². The number of halogens is 1. The third-order valence-corrected chi connectivity index (χ3v) is 7.98. The van der Waals surface area contributed by atoms with Gasteiger partial charge in [-0.25, -0.2) is 0 Å². The van der Waals surface area contributed by atoms with Crippen molar-refractivity contribution in [2.45, 2.75) is 89.8 Å². The van der Waals surface area contributed by atoms with E-state index < -0.39 is 0 Å². The molecule has 0 bridgehead atoms. The van der Waals surface area contributed by atoms with Gasteiger partial charge in [0.25, 0.3) is 0 Å². The molecule has 188 valence electrons. The lowest BCUT2D eigenvalue weighted by Gasteiger charge is -2.26. The van der Waals surface area contributed by atoms with Gasteiger partial charge in [0.1, 0.15) is 0 Å². The number of nitrogens with zero attached hydrogens (tertiary/aromatic N) is 1. The number of carbonyl (C=O) groups is 1. The van der Waals surface area contributed by atoms with Crippen molar-refractivity contribution >= 4 is 29.2 Å². The molecule has 5 heteroatoms. The summed E-state index contributed by atoms with van der Waals surface area (Å²) < 4.78 is 2.42. The average Bonchev–Trinajstić information content (AvgIpc) is 3.17. The van der Waals surface area contributed by atoms with Gasteiger partial charge in [0.05, 0.1) is 6.42 Å². The largest absolute Gasteiger partial charge is 0.353 e. The molecule has 1 aromatic heterocycles. The van der Waals surface area contributed by atoms with Crippen LogP contribution in [0.15, 0.2) is 48.7 Å². The van der Waals surface area contributed by atoms with Crippen molar-refractivity contribution in [2.75, 3.05) is 0 Å². The van der Waals surface area contributed by atoms with Crippen molar-refractivity contribution in [3.05, 3.63) is 59.8 Å². The second-order valence-electron chi connectivity index (χ2n) is 10.8. The van der Waals surface area contributed by atoms with Gasteiger partial charge in [0, 0.05) is 35.7 Å². The van der Waals surface area contributed by atoms with E-state index in [0.29, 0.717) is 12.5 Å². The molecule has 0 radical (unpaired) electrons. The topological polar surface area (TPSA) is 60.1 Å². The molecule has 1 heterocycles. The number of aryl methyl sites for hydroxylation is 1. The molecule has 1 amide bonds. The van der Waals surface area contributed by atoms with E-state index in [9.17, 15) is 4.79 Å². The summed E-state index contributed by atoms with van der Waals surface area (Å²) >= 11 is 0. The molecule has 0 aliphatic heterocycles. The summed E-state index contributed by atoms with van der Waals surface area (Å²) in [6, 6.07) is 16.0. The minimum Gasteiger partial charge on any atom is -0.353 e. The summed E-state index contributed by atoms with van der Waals surface area (Å²) in [5, 5.41) is 4.51. The molecule has 5 rings (SSSR count). The normalized spacial score (nSPS) is 21.0. The summed E-state index contributed by atoms with van der Waals surface area (Å²) in [7, 11) is 0. The van der Waals surface area contributed by atoms with Crippen LogP contribution in [0, 0.1) is 12.8 Å². The molecule has 0 unspecified atom stereocenters. The molecular formula is C30H40ClN3O. The van der Waals surface area contributed by atoms with Crippen molar-refractivity contribution in [1.29, 1.82) is 0 Å². The van der Waals surface area contributed by atoms with Gasteiger partial charge in [-0.2, -0.15) is 0 Å².